The van der Waals surface area contributed by atoms with Crippen molar-refractivity contribution in [3.8, 4) is 0 Å². The minimum atomic E-state index is -1.32. The number of Topliss-reactive ketones (excluding diaryl/α,β-unsaturated/α-hetero) is 1. The lowest BCUT2D eigenvalue weighted by atomic mass is 9.90. The van der Waals surface area contributed by atoms with Gasteiger partial charge >= 0.3 is 6.09 Å². The van der Waals surface area contributed by atoms with Crippen molar-refractivity contribution < 1.29 is 19.1 Å². The lowest BCUT2D eigenvalue weighted by Gasteiger charge is -2.25. The SMILES string of the molecule is CC(C)(C)OC(=O)N[C@H](C(N)=O)C(=O)CC1CCNCC1. The summed E-state index contributed by atoms with van der Waals surface area (Å²) in [6.45, 7) is 6.81. The Morgan fingerprint density at radius 3 is 2.33 bits per heavy atom. The van der Waals surface area contributed by atoms with Crippen molar-refractivity contribution in [2.75, 3.05) is 13.1 Å². The van der Waals surface area contributed by atoms with Gasteiger partial charge in [0.15, 0.2) is 11.8 Å². The average Bonchev–Trinajstić information content (AvgIpc) is 2.34. The minimum Gasteiger partial charge on any atom is -0.444 e. The lowest BCUT2D eigenvalue weighted by molar-refractivity contribution is -0.130. The monoisotopic (exact) mass is 299 g/mol. The fourth-order valence-corrected chi connectivity index (χ4v) is 2.22. The summed E-state index contributed by atoms with van der Waals surface area (Å²) in [4.78, 5) is 35.2. The van der Waals surface area contributed by atoms with E-state index in [9.17, 15) is 14.4 Å². The number of primary amides is 1. The number of hydrogen-bond donors (Lipinski definition) is 3. The van der Waals surface area contributed by atoms with Gasteiger partial charge in [0.2, 0.25) is 5.91 Å². The van der Waals surface area contributed by atoms with Crippen molar-refractivity contribution >= 4 is 17.8 Å². The summed E-state index contributed by atoms with van der Waals surface area (Å²) in [5, 5.41) is 5.47. The van der Waals surface area contributed by atoms with Gasteiger partial charge in [-0.25, -0.2) is 4.79 Å². The van der Waals surface area contributed by atoms with Crippen LogP contribution in [0, 0.1) is 5.92 Å². The molecule has 0 radical (unpaired) electrons. The number of nitrogens with two attached hydrogens (primary N) is 1. The Morgan fingerprint density at radius 1 is 1.29 bits per heavy atom. The molecular weight excluding hydrogens is 274 g/mol. The van der Waals surface area contributed by atoms with E-state index < -0.39 is 23.6 Å². The molecule has 1 atom stereocenters. The van der Waals surface area contributed by atoms with Gasteiger partial charge in [0.25, 0.3) is 0 Å². The molecule has 1 rings (SSSR count). The van der Waals surface area contributed by atoms with Gasteiger partial charge < -0.3 is 21.1 Å². The van der Waals surface area contributed by atoms with Gasteiger partial charge in [-0.3, -0.25) is 9.59 Å². The van der Waals surface area contributed by atoms with Crippen molar-refractivity contribution in [2.24, 2.45) is 11.7 Å². The van der Waals surface area contributed by atoms with E-state index in [1.807, 2.05) is 0 Å². The zero-order chi connectivity index (χ0) is 16.0. The highest BCUT2D eigenvalue weighted by Gasteiger charge is 2.30. The fraction of sp³-hybridized carbons (Fsp3) is 0.786. The first-order valence-electron chi connectivity index (χ1n) is 7.21. The van der Waals surface area contributed by atoms with Crippen LogP contribution in [0.3, 0.4) is 0 Å². The summed E-state index contributed by atoms with van der Waals surface area (Å²) in [5.41, 5.74) is 4.51. The van der Waals surface area contributed by atoms with Crippen LogP contribution in [0.2, 0.25) is 0 Å². The molecule has 1 heterocycles. The zero-order valence-electron chi connectivity index (χ0n) is 12.9. The number of amides is 2. The van der Waals surface area contributed by atoms with Crippen LogP contribution in [-0.2, 0) is 14.3 Å². The van der Waals surface area contributed by atoms with Crippen LogP contribution < -0.4 is 16.4 Å². The van der Waals surface area contributed by atoms with Gasteiger partial charge in [-0.05, 0) is 52.6 Å². The second-order valence-electron chi connectivity index (χ2n) is 6.35. The fourth-order valence-electron chi connectivity index (χ4n) is 2.22. The van der Waals surface area contributed by atoms with Crippen LogP contribution in [0.5, 0.6) is 0 Å². The summed E-state index contributed by atoms with van der Waals surface area (Å²) in [6, 6.07) is -1.32. The molecule has 0 aliphatic carbocycles. The molecule has 0 saturated carbocycles. The maximum atomic E-state index is 12.2. The number of hydrogen-bond acceptors (Lipinski definition) is 5. The standard InChI is InChI=1S/C14H25N3O4/c1-14(2,3)21-13(20)17-11(12(15)19)10(18)8-9-4-6-16-7-5-9/h9,11,16H,4-8H2,1-3H3,(H2,15,19)(H,17,20)/t11-/m0/s1. The zero-order valence-corrected chi connectivity index (χ0v) is 12.9. The topological polar surface area (TPSA) is 111 Å². The molecule has 1 aliphatic heterocycles. The molecule has 2 amide bonds. The first-order chi connectivity index (χ1) is 9.69. The van der Waals surface area contributed by atoms with Crippen LogP contribution >= 0.6 is 0 Å². The molecule has 0 unspecified atom stereocenters. The molecule has 0 aromatic carbocycles. The summed E-state index contributed by atoms with van der Waals surface area (Å²) in [6.07, 6.45) is 1.18. The maximum Gasteiger partial charge on any atom is 0.408 e. The number of ether oxygens (including phenoxy) is 1. The number of carbonyl (C=O) groups excluding carboxylic acids is 3. The van der Waals surface area contributed by atoms with Crippen molar-refractivity contribution in [2.45, 2.75) is 51.7 Å². The molecule has 1 saturated heterocycles. The van der Waals surface area contributed by atoms with Crippen LogP contribution in [0.1, 0.15) is 40.0 Å². The third kappa shape index (κ3) is 6.57. The van der Waals surface area contributed by atoms with E-state index in [0.29, 0.717) is 0 Å². The molecule has 7 nitrogen and oxygen atoms in total. The molecule has 7 heteroatoms. The van der Waals surface area contributed by atoms with E-state index in [-0.39, 0.29) is 18.1 Å². The number of alkyl carbamates (subject to hydrolysis) is 1. The van der Waals surface area contributed by atoms with Crippen LogP contribution in [0.25, 0.3) is 0 Å². The number of ketones is 1. The molecule has 0 aromatic heterocycles. The lowest BCUT2D eigenvalue weighted by Crippen LogP contribution is -2.51. The Bertz CT molecular complexity index is 398. The smallest absolute Gasteiger partial charge is 0.408 e. The first-order valence-corrected chi connectivity index (χ1v) is 7.21. The minimum absolute atomic E-state index is 0.223. The highest BCUT2D eigenvalue weighted by molar-refractivity contribution is 6.06. The van der Waals surface area contributed by atoms with Gasteiger partial charge in [-0.1, -0.05) is 0 Å². The summed E-state index contributed by atoms with van der Waals surface area (Å²) in [5.74, 6) is -0.999. The Morgan fingerprint density at radius 2 is 1.86 bits per heavy atom. The predicted molar refractivity (Wildman–Crippen MR) is 77.6 cm³/mol. The Kier molecular flexibility index (Phi) is 6.14. The second kappa shape index (κ2) is 7.40. The van der Waals surface area contributed by atoms with Gasteiger partial charge in [-0.2, -0.15) is 0 Å². The predicted octanol–water partition coefficient (Wildman–Crippen LogP) is 0.324. The van der Waals surface area contributed by atoms with E-state index in [0.717, 1.165) is 25.9 Å². The Labute approximate surface area is 125 Å². The van der Waals surface area contributed by atoms with Gasteiger partial charge in [0.1, 0.15) is 5.60 Å². The van der Waals surface area contributed by atoms with E-state index in [1.165, 1.54) is 0 Å². The van der Waals surface area contributed by atoms with Crippen LogP contribution in [0.15, 0.2) is 0 Å². The number of rotatable bonds is 5. The van der Waals surface area contributed by atoms with Crippen molar-refractivity contribution in [1.29, 1.82) is 0 Å². The molecule has 21 heavy (non-hydrogen) atoms. The number of carbonyl (C=O) groups is 3. The summed E-state index contributed by atoms with van der Waals surface area (Å²) < 4.78 is 5.04. The molecule has 0 spiro atoms. The normalized spacial score (nSPS) is 17.9. The summed E-state index contributed by atoms with van der Waals surface area (Å²) in [7, 11) is 0. The maximum absolute atomic E-state index is 12.2. The molecule has 4 N–H and O–H groups in total. The number of nitrogens with one attached hydrogen (secondary N) is 2. The highest BCUT2D eigenvalue weighted by Crippen LogP contribution is 2.17. The third-order valence-corrected chi connectivity index (χ3v) is 3.22. The molecule has 120 valence electrons. The van der Waals surface area contributed by atoms with Crippen molar-refractivity contribution in [1.82, 2.24) is 10.6 Å². The van der Waals surface area contributed by atoms with Crippen LogP contribution in [0.4, 0.5) is 4.79 Å². The van der Waals surface area contributed by atoms with E-state index in [2.05, 4.69) is 10.6 Å². The third-order valence-electron chi connectivity index (χ3n) is 3.22. The second-order valence-corrected chi connectivity index (χ2v) is 6.35. The molecule has 0 aromatic rings. The van der Waals surface area contributed by atoms with Gasteiger partial charge in [0, 0.05) is 6.42 Å². The van der Waals surface area contributed by atoms with Crippen molar-refractivity contribution in [3.63, 3.8) is 0 Å². The quantitative estimate of drug-likeness (QED) is 0.633. The van der Waals surface area contributed by atoms with Crippen molar-refractivity contribution in [3.05, 3.63) is 0 Å². The van der Waals surface area contributed by atoms with Crippen LogP contribution in [-0.4, -0.2) is 42.5 Å². The van der Waals surface area contributed by atoms with E-state index in [4.69, 9.17) is 10.5 Å². The van der Waals surface area contributed by atoms with E-state index in [1.54, 1.807) is 20.8 Å². The highest BCUT2D eigenvalue weighted by atomic mass is 16.6. The molecule has 0 bridgehead atoms. The first kappa shape index (κ1) is 17.4. The van der Waals surface area contributed by atoms with Gasteiger partial charge in [0.05, 0.1) is 0 Å². The average molecular weight is 299 g/mol. The van der Waals surface area contributed by atoms with E-state index >= 15 is 0 Å². The Balaban J connectivity index is 2.57. The summed E-state index contributed by atoms with van der Waals surface area (Å²) >= 11 is 0. The Hall–Kier alpha value is -1.63. The number of piperidine rings is 1. The van der Waals surface area contributed by atoms with Gasteiger partial charge in [-0.15, -0.1) is 0 Å². The molecule has 1 fully saturated rings. The molecular formula is C14H25N3O4. The largest absolute Gasteiger partial charge is 0.444 e. The molecule has 1 aliphatic rings.